The first-order valence-corrected chi connectivity index (χ1v) is 9.46. The number of amides is 2. The molecule has 2 aliphatic rings. The van der Waals surface area contributed by atoms with Crippen LogP contribution in [-0.2, 0) is 16.0 Å². The summed E-state index contributed by atoms with van der Waals surface area (Å²) in [6, 6.07) is 8.10. The lowest BCUT2D eigenvalue weighted by atomic mass is 9.67. The third-order valence-electron chi connectivity index (χ3n) is 6.10. The smallest absolute Gasteiger partial charge is 0.228 e. The molecule has 2 aliphatic heterocycles. The van der Waals surface area contributed by atoms with E-state index in [2.05, 4.69) is 13.0 Å². The monoisotopic (exact) mass is 355 g/mol. The summed E-state index contributed by atoms with van der Waals surface area (Å²) in [4.78, 5) is 28.5. The molecule has 1 unspecified atom stereocenters. The van der Waals surface area contributed by atoms with Gasteiger partial charge < -0.3 is 9.80 Å². The van der Waals surface area contributed by atoms with E-state index in [-0.39, 0.29) is 23.1 Å². The maximum absolute atomic E-state index is 12.8. The SMILES string of the molecule is Cc1cccc(CC(=O)N2CCCC([C@@]3(C)CC(=N)N(C)C(=O)C3)C2)c1. The van der Waals surface area contributed by atoms with Crippen LogP contribution in [-0.4, -0.2) is 47.6 Å². The number of likely N-dealkylation sites (tertiary alicyclic amines) is 2. The molecular weight excluding hydrogens is 326 g/mol. The topological polar surface area (TPSA) is 64.5 Å². The molecule has 0 aliphatic carbocycles. The molecule has 3 rings (SSSR count). The van der Waals surface area contributed by atoms with Gasteiger partial charge in [0, 0.05) is 33.0 Å². The minimum Gasteiger partial charge on any atom is -0.342 e. The third kappa shape index (κ3) is 3.81. The van der Waals surface area contributed by atoms with E-state index in [0.717, 1.165) is 24.9 Å². The van der Waals surface area contributed by atoms with Crippen LogP contribution in [0.4, 0.5) is 0 Å². The highest BCUT2D eigenvalue weighted by Crippen LogP contribution is 2.43. The molecule has 26 heavy (non-hydrogen) atoms. The second kappa shape index (κ2) is 7.22. The predicted molar refractivity (Wildman–Crippen MR) is 102 cm³/mol. The molecule has 2 amide bonds. The average molecular weight is 355 g/mol. The highest BCUT2D eigenvalue weighted by Gasteiger charge is 2.44. The van der Waals surface area contributed by atoms with Crippen molar-refractivity contribution in [1.82, 2.24) is 9.80 Å². The number of aryl methyl sites for hydroxylation is 1. The van der Waals surface area contributed by atoms with Gasteiger partial charge in [-0.25, -0.2) is 0 Å². The number of nitrogens with zero attached hydrogens (tertiary/aromatic N) is 2. The van der Waals surface area contributed by atoms with Gasteiger partial charge in [-0.05, 0) is 36.7 Å². The predicted octanol–water partition coefficient (Wildman–Crippen LogP) is 3.01. The van der Waals surface area contributed by atoms with E-state index in [4.69, 9.17) is 5.41 Å². The molecule has 1 N–H and O–H groups in total. The van der Waals surface area contributed by atoms with Crippen LogP contribution in [0.2, 0.25) is 0 Å². The van der Waals surface area contributed by atoms with Crippen LogP contribution in [0.1, 0.15) is 43.7 Å². The molecule has 140 valence electrons. The Morgan fingerprint density at radius 2 is 2.12 bits per heavy atom. The molecule has 2 fully saturated rings. The van der Waals surface area contributed by atoms with E-state index in [1.54, 1.807) is 7.05 Å². The van der Waals surface area contributed by atoms with Crippen molar-refractivity contribution >= 4 is 17.6 Å². The molecule has 0 aromatic heterocycles. The molecule has 1 aromatic rings. The van der Waals surface area contributed by atoms with E-state index in [9.17, 15) is 9.59 Å². The number of nitrogens with one attached hydrogen (secondary N) is 1. The first-order valence-electron chi connectivity index (χ1n) is 9.46. The highest BCUT2D eigenvalue weighted by molar-refractivity contribution is 5.99. The summed E-state index contributed by atoms with van der Waals surface area (Å²) in [6.07, 6.45) is 3.51. The van der Waals surface area contributed by atoms with E-state index in [1.165, 1.54) is 10.5 Å². The number of carbonyl (C=O) groups excluding carboxylic acids is 2. The maximum Gasteiger partial charge on any atom is 0.228 e. The van der Waals surface area contributed by atoms with Crippen LogP contribution in [0.15, 0.2) is 24.3 Å². The molecule has 0 bridgehead atoms. The normalized spacial score (nSPS) is 27.0. The van der Waals surface area contributed by atoms with E-state index >= 15 is 0 Å². The van der Waals surface area contributed by atoms with Gasteiger partial charge in [0.25, 0.3) is 0 Å². The zero-order valence-corrected chi connectivity index (χ0v) is 16.0. The standard InChI is InChI=1S/C21H29N3O2/c1-15-6-4-7-16(10-15)11-19(25)24-9-5-8-17(14-24)21(2)12-18(22)23(3)20(26)13-21/h4,6-7,10,17,22H,5,8-9,11-14H2,1-3H3/t17?,21-/m0/s1. The number of amidine groups is 1. The van der Waals surface area contributed by atoms with Gasteiger partial charge in [0.05, 0.1) is 6.42 Å². The molecule has 0 radical (unpaired) electrons. The Balaban J connectivity index is 1.68. The molecule has 1 aromatic carbocycles. The van der Waals surface area contributed by atoms with Crippen molar-refractivity contribution in [2.75, 3.05) is 20.1 Å². The fraction of sp³-hybridized carbons (Fsp3) is 0.571. The Hall–Kier alpha value is -2.17. The van der Waals surface area contributed by atoms with Crippen molar-refractivity contribution in [3.8, 4) is 0 Å². The second-order valence-electron chi connectivity index (χ2n) is 8.25. The largest absolute Gasteiger partial charge is 0.342 e. The summed E-state index contributed by atoms with van der Waals surface area (Å²) in [5, 5.41) is 8.13. The molecule has 0 saturated carbocycles. The van der Waals surface area contributed by atoms with Crippen LogP contribution >= 0.6 is 0 Å². The Morgan fingerprint density at radius 1 is 1.35 bits per heavy atom. The van der Waals surface area contributed by atoms with Crippen LogP contribution < -0.4 is 0 Å². The molecule has 5 nitrogen and oxygen atoms in total. The fourth-order valence-electron chi connectivity index (χ4n) is 4.35. The average Bonchev–Trinajstić information content (AvgIpc) is 2.60. The van der Waals surface area contributed by atoms with Gasteiger partial charge in [-0.3, -0.25) is 15.0 Å². The number of carbonyl (C=O) groups is 2. The highest BCUT2D eigenvalue weighted by atomic mass is 16.2. The van der Waals surface area contributed by atoms with Gasteiger partial charge in [0.1, 0.15) is 5.84 Å². The zero-order chi connectivity index (χ0) is 18.9. The lowest BCUT2D eigenvalue weighted by Crippen LogP contribution is -2.52. The van der Waals surface area contributed by atoms with Crippen LogP contribution in [0.5, 0.6) is 0 Å². The fourth-order valence-corrected chi connectivity index (χ4v) is 4.35. The van der Waals surface area contributed by atoms with E-state index in [1.807, 2.05) is 30.0 Å². The van der Waals surface area contributed by atoms with Gasteiger partial charge >= 0.3 is 0 Å². The van der Waals surface area contributed by atoms with Gasteiger partial charge in [-0.15, -0.1) is 0 Å². The van der Waals surface area contributed by atoms with Crippen molar-refractivity contribution in [3.05, 3.63) is 35.4 Å². The third-order valence-corrected chi connectivity index (χ3v) is 6.10. The minimum atomic E-state index is -0.219. The Kier molecular flexibility index (Phi) is 5.17. The molecular formula is C21H29N3O2. The summed E-state index contributed by atoms with van der Waals surface area (Å²) in [5.74, 6) is 0.855. The molecule has 2 heterocycles. The second-order valence-corrected chi connectivity index (χ2v) is 8.25. The lowest BCUT2D eigenvalue weighted by Gasteiger charge is -2.46. The molecule has 0 spiro atoms. The van der Waals surface area contributed by atoms with Gasteiger partial charge in [0.2, 0.25) is 11.8 Å². The van der Waals surface area contributed by atoms with Crippen molar-refractivity contribution < 1.29 is 9.59 Å². The Bertz CT molecular complexity index is 710. The first kappa shape index (κ1) is 18.6. The van der Waals surface area contributed by atoms with Crippen LogP contribution in [0, 0.1) is 23.7 Å². The summed E-state index contributed by atoms with van der Waals surface area (Å²) in [7, 11) is 1.68. The van der Waals surface area contributed by atoms with Crippen molar-refractivity contribution in [2.24, 2.45) is 11.3 Å². The molecule has 5 heteroatoms. The number of piperidine rings is 2. The van der Waals surface area contributed by atoms with E-state index in [0.29, 0.717) is 31.6 Å². The van der Waals surface area contributed by atoms with Crippen molar-refractivity contribution in [1.29, 1.82) is 5.41 Å². The lowest BCUT2D eigenvalue weighted by molar-refractivity contribution is -0.135. The number of benzene rings is 1. The number of hydrogen-bond acceptors (Lipinski definition) is 3. The summed E-state index contributed by atoms with van der Waals surface area (Å²) in [6.45, 7) is 5.65. The van der Waals surface area contributed by atoms with Crippen molar-refractivity contribution in [2.45, 2.75) is 46.0 Å². The Morgan fingerprint density at radius 3 is 2.81 bits per heavy atom. The Labute approximate surface area is 155 Å². The van der Waals surface area contributed by atoms with Gasteiger partial charge in [-0.1, -0.05) is 36.8 Å². The van der Waals surface area contributed by atoms with Crippen LogP contribution in [0.3, 0.4) is 0 Å². The van der Waals surface area contributed by atoms with Gasteiger partial charge in [0.15, 0.2) is 0 Å². The summed E-state index contributed by atoms with van der Waals surface area (Å²) < 4.78 is 0. The van der Waals surface area contributed by atoms with Gasteiger partial charge in [-0.2, -0.15) is 0 Å². The van der Waals surface area contributed by atoms with Crippen LogP contribution in [0.25, 0.3) is 0 Å². The zero-order valence-electron chi connectivity index (χ0n) is 16.0. The first-order chi connectivity index (χ1) is 12.3. The van der Waals surface area contributed by atoms with E-state index < -0.39 is 0 Å². The molecule has 2 saturated heterocycles. The summed E-state index contributed by atoms with van der Waals surface area (Å²) >= 11 is 0. The number of rotatable bonds is 3. The maximum atomic E-state index is 12.8. The van der Waals surface area contributed by atoms with Crippen molar-refractivity contribution in [3.63, 3.8) is 0 Å². The minimum absolute atomic E-state index is 0.0203. The summed E-state index contributed by atoms with van der Waals surface area (Å²) in [5.41, 5.74) is 2.01. The molecule has 2 atom stereocenters. The number of hydrogen-bond donors (Lipinski definition) is 1. The quantitative estimate of drug-likeness (QED) is 0.906.